The van der Waals surface area contributed by atoms with Crippen molar-refractivity contribution in [2.75, 3.05) is 17.6 Å². The molecule has 0 aliphatic heterocycles. The number of aromatic nitrogens is 1. The Morgan fingerprint density at radius 1 is 1.05 bits per heavy atom. The number of nitrogens with zero attached hydrogens (tertiary/aromatic N) is 1. The molecule has 0 saturated carbocycles. The summed E-state index contributed by atoms with van der Waals surface area (Å²) < 4.78 is 0. The van der Waals surface area contributed by atoms with E-state index in [9.17, 15) is 0 Å². The lowest BCUT2D eigenvalue weighted by molar-refractivity contribution is 1.02. The molecule has 0 unspecified atom stereocenters. The smallest absolute Gasteiger partial charge is 0.0734 e. The molecule has 0 spiro atoms. The maximum atomic E-state index is 6.08. The van der Waals surface area contributed by atoms with Crippen LogP contribution in [0.2, 0.25) is 0 Å². The Balaban J connectivity index is 1.74. The second-order valence-corrected chi connectivity index (χ2v) is 5.21. The average Bonchev–Trinajstić information content (AvgIpc) is 2.52. The van der Waals surface area contributed by atoms with Gasteiger partial charge < -0.3 is 11.1 Å². The Morgan fingerprint density at radius 2 is 1.86 bits per heavy atom. The first kappa shape index (κ1) is 13.4. The summed E-state index contributed by atoms with van der Waals surface area (Å²) in [6, 6.07) is 16.4. The topological polar surface area (TPSA) is 50.9 Å². The predicted octanol–water partition coefficient (Wildman–Crippen LogP) is 3.78. The van der Waals surface area contributed by atoms with E-state index in [1.807, 2.05) is 37.4 Å². The van der Waals surface area contributed by atoms with Crippen LogP contribution in [0.1, 0.15) is 11.1 Å². The zero-order valence-corrected chi connectivity index (χ0v) is 12.1. The van der Waals surface area contributed by atoms with E-state index in [2.05, 4.69) is 34.6 Å². The minimum Gasteiger partial charge on any atom is -0.397 e. The van der Waals surface area contributed by atoms with Crippen molar-refractivity contribution in [2.24, 2.45) is 0 Å². The van der Waals surface area contributed by atoms with E-state index in [0.29, 0.717) is 0 Å². The number of fused-ring (bicyclic) bond motifs is 1. The third kappa shape index (κ3) is 2.82. The van der Waals surface area contributed by atoms with Crippen LogP contribution in [0.3, 0.4) is 0 Å². The van der Waals surface area contributed by atoms with Gasteiger partial charge in [-0.3, -0.25) is 4.98 Å². The normalized spacial score (nSPS) is 10.7. The van der Waals surface area contributed by atoms with Gasteiger partial charge in [0.2, 0.25) is 0 Å². The lowest BCUT2D eigenvalue weighted by Gasteiger charge is -2.11. The number of nitrogens with two attached hydrogens (primary N) is 1. The largest absolute Gasteiger partial charge is 0.397 e. The van der Waals surface area contributed by atoms with Gasteiger partial charge in [0.05, 0.1) is 16.9 Å². The molecule has 3 heteroatoms. The van der Waals surface area contributed by atoms with Gasteiger partial charge in [-0.05, 0) is 36.6 Å². The SMILES string of the molecule is Cc1cccc(NCCc2cccc3cccnc23)c1N. The van der Waals surface area contributed by atoms with Gasteiger partial charge in [-0.2, -0.15) is 0 Å². The molecule has 3 rings (SSSR count). The van der Waals surface area contributed by atoms with Gasteiger partial charge in [-0.25, -0.2) is 0 Å². The highest BCUT2D eigenvalue weighted by Gasteiger charge is 2.03. The van der Waals surface area contributed by atoms with Crippen molar-refractivity contribution in [2.45, 2.75) is 13.3 Å². The van der Waals surface area contributed by atoms with Crippen molar-refractivity contribution in [1.82, 2.24) is 4.98 Å². The zero-order valence-electron chi connectivity index (χ0n) is 12.1. The molecule has 3 aromatic rings. The zero-order chi connectivity index (χ0) is 14.7. The Morgan fingerprint density at radius 3 is 2.76 bits per heavy atom. The molecule has 0 bridgehead atoms. The summed E-state index contributed by atoms with van der Waals surface area (Å²) in [5, 5.41) is 4.60. The Hall–Kier alpha value is -2.55. The monoisotopic (exact) mass is 277 g/mol. The number of hydrogen-bond donors (Lipinski definition) is 2. The highest BCUT2D eigenvalue weighted by atomic mass is 14.9. The second kappa shape index (κ2) is 5.83. The average molecular weight is 277 g/mol. The minimum atomic E-state index is 0.827. The highest BCUT2D eigenvalue weighted by molar-refractivity contribution is 5.81. The summed E-state index contributed by atoms with van der Waals surface area (Å²) in [5.74, 6) is 0. The van der Waals surface area contributed by atoms with Gasteiger partial charge >= 0.3 is 0 Å². The molecule has 0 aliphatic rings. The van der Waals surface area contributed by atoms with Gasteiger partial charge in [0.15, 0.2) is 0 Å². The van der Waals surface area contributed by atoms with Crippen LogP contribution in [0.15, 0.2) is 54.7 Å². The fourth-order valence-corrected chi connectivity index (χ4v) is 2.54. The lowest BCUT2D eigenvalue weighted by Crippen LogP contribution is -2.08. The van der Waals surface area contributed by atoms with Gasteiger partial charge in [0.1, 0.15) is 0 Å². The van der Waals surface area contributed by atoms with Crippen LogP contribution in [0.25, 0.3) is 10.9 Å². The molecule has 0 atom stereocenters. The van der Waals surface area contributed by atoms with Gasteiger partial charge in [0, 0.05) is 18.1 Å². The van der Waals surface area contributed by atoms with Crippen LogP contribution in [0.4, 0.5) is 11.4 Å². The molecular formula is C18H19N3. The number of pyridine rings is 1. The maximum Gasteiger partial charge on any atom is 0.0734 e. The van der Waals surface area contributed by atoms with E-state index >= 15 is 0 Å². The Labute approximate surface area is 124 Å². The maximum absolute atomic E-state index is 6.08. The molecule has 0 aliphatic carbocycles. The number of aryl methyl sites for hydroxylation is 1. The molecule has 1 heterocycles. The summed E-state index contributed by atoms with van der Waals surface area (Å²) in [7, 11) is 0. The standard InChI is InChI=1S/C18H19N3/c1-13-5-2-9-16(17(13)19)20-12-10-15-7-3-6-14-8-4-11-21-18(14)15/h2-9,11,20H,10,12,19H2,1H3. The fourth-order valence-electron chi connectivity index (χ4n) is 2.54. The number of anilines is 2. The van der Waals surface area contributed by atoms with Crippen molar-refractivity contribution >= 4 is 22.3 Å². The quantitative estimate of drug-likeness (QED) is 0.713. The number of benzene rings is 2. The van der Waals surface area contributed by atoms with Crippen LogP contribution in [0, 0.1) is 6.92 Å². The van der Waals surface area contributed by atoms with Crippen molar-refractivity contribution in [3.05, 3.63) is 65.9 Å². The Bertz CT molecular complexity index is 760. The number of hydrogen-bond acceptors (Lipinski definition) is 3. The number of para-hydroxylation sites is 2. The van der Waals surface area contributed by atoms with E-state index in [-0.39, 0.29) is 0 Å². The van der Waals surface area contributed by atoms with Gasteiger partial charge in [0.25, 0.3) is 0 Å². The number of nitrogens with one attached hydrogen (secondary N) is 1. The van der Waals surface area contributed by atoms with Crippen LogP contribution < -0.4 is 11.1 Å². The molecule has 21 heavy (non-hydrogen) atoms. The van der Waals surface area contributed by atoms with E-state index < -0.39 is 0 Å². The lowest BCUT2D eigenvalue weighted by atomic mass is 10.1. The van der Waals surface area contributed by atoms with Gasteiger partial charge in [-0.15, -0.1) is 0 Å². The molecule has 106 valence electrons. The Kier molecular flexibility index (Phi) is 3.73. The van der Waals surface area contributed by atoms with Crippen molar-refractivity contribution in [1.29, 1.82) is 0 Å². The highest BCUT2D eigenvalue weighted by Crippen LogP contribution is 2.22. The first-order valence-corrected chi connectivity index (χ1v) is 7.17. The molecule has 1 aromatic heterocycles. The fraction of sp³-hybridized carbons (Fsp3) is 0.167. The van der Waals surface area contributed by atoms with E-state index in [4.69, 9.17) is 5.73 Å². The molecule has 3 nitrogen and oxygen atoms in total. The summed E-state index contributed by atoms with van der Waals surface area (Å²) in [6.45, 7) is 2.86. The van der Waals surface area contributed by atoms with Crippen LogP contribution >= 0.6 is 0 Å². The molecule has 0 saturated heterocycles. The van der Waals surface area contributed by atoms with Crippen LogP contribution in [-0.2, 0) is 6.42 Å². The molecule has 0 fully saturated rings. The van der Waals surface area contributed by atoms with Crippen molar-refractivity contribution in [3.8, 4) is 0 Å². The number of nitrogen functional groups attached to an aromatic ring is 1. The second-order valence-electron chi connectivity index (χ2n) is 5.21. The summed E-state index contributed by atoms with van der Waals surface area (Å²) in [4.78, 5) is 4.49. The summed E-state index contributed by atoms with van der Waals surface area (Å²) in [5.41, 5.74) is 11.4. The van der Waals surface area contributed by atoms with Gasteiger partial charge in [-0.1, -0.05) is 36.4 Å². The van der Waals surface area contributed by atoms with Crippen LogP contribution in [0.5, 0.6) is 0 Å². The van der Waals surface area contributed by atoms with E-state index in [1.165, 1.54) is 10.9 Å². The first-order chi connectivity index (χ1) is 10.3. The van der Waals surface area contributed by atoms with E-state index in [1.54, 1.807) is 0 Å². The van der Waals surface area contributed by atoms with Crippen molar-refractivity contribution in [3.63, 3.8) is 0 Å². The molecule has 2 aromatic carbocycles. The molecule has 0 amide bonds. The van der Waals surface area contributed by atoms with E-state index in [0.717, 1.165) is 35.4 Å². The van der Waals surface area contributed by atoms with Crippen LogP contribution in [-0.4, -0.2) is 11.5 Å². The third-order valence-corrected chi connectivity index (χ3v) is 3.75. The van der Waals surface area contributed by atoms with Crippen molar-refractivity contribution < 1.29 is 0 Å². The molecule has 0 radical (unpaired) electrons. The number of rotatable bonds is 4. The summed E-state index contributed by atoms with van der Waals surface area (Å²) in [6.07, 6.45) is 2.76. The summed E-state index contributed by atoms with van der Waals surface area (Å²) >= 11 is 0. The third-order valence-electron chi connectivity index (χ3n) is 3.75. The first-order valence-electron chi connectivity index (χ1n) is 7.17. The predicted molar refractivity (Wildman–Crippen MR) is 89.5 cm³/mol. The molecule has 3 N–H and O–H groups in total. The molecular weight excluding hydrogens is 258 g/mol. The minimum absolute atomic E-state index is 0.827.